The Kier molecular flexibility index (Phi) is 4.77. The summed E-state index contributed by atoms with van der Waals surface area (Å²) in [5.74, 6) is 1.89. The summed E-state index contributed by atoms with van der Waals surface area (Å²) < 4.78 is 0. The molecule has 1 fully saturated rings. The normalized spacial score (nSPS) is 17.8. The Hall–Kier alpha value is -0.930. The van der Waals surface area contributed by atoms with Crippen molar-refractivity contribution in [2.45, 2.75) is 64.2 Å². The predicted molar refractivity (Wildman–Crippen MR) is 62.9 cm³/mol. The molecular weight excluding hydrogens is 200 g/mol. The second-order valence-electron chi connectivity index (χ2n) is 4.93. The van der Waals surface area contributed by atoms with E-state index >= 15 is 0 Å². The first-order chi connectivity index (χ1) is 7.95. The summed E-state index contributed by atoms with van der Waals surface area (Å²) in [5.41, 5.74) is 0. The van der Waals surface area contributed by atoms with Gasteiger partial charge >= 0.3 is 0 Å². The Morgan fingerprint density at radius 3 is 2.69 bits per heavy atom. The van der Waals surface area contributed by atoms with E-state index in [0.717, 1.165) is 18.2 Å². The summed E-state index contributed by atoms with van der Waals surface area (Å²) in [6.45, 7) is 0. The molecule has 0 spiro atoms. The molecule has 1 heterocycles. The minimum atomic E-state index is 0.859. The van der Waals surface area contributed by atoms with Crippen LogP contribution in [0.3, 0.4) is 0 Å². The van der Waals surface area contributed by atoms with E-state index in [0.29, 0.717) is 0 Å². The van der Waals surface area contributed by atoms with Gasteiger partial charge in [0.25, 0.3) is 0 Å². The quantitative estimate of drug-likeness (QED) is 0.753. The third-order valence-corrected chi connectivity index (χ3v) is 3.63. The molecule has 2 rings (SSSR count). The molecule has 1 aliphatic carbocycles. The van der Waals surface area contributed by atoms with Crippen LogP contribution in [0.1, 0.15) is 63.6 Å². The van der Waals surface area contributed by atoms with Gasteiger partial charge in [0.1, 0.15) is 0 Å². The molecule has 0 radical (unpaired) electrons. The zero-order chi connectivity index (χ0) is 11.1. The van der Waals surface area contributed by atoms with E-state index in [1.54, 1.807) is 0 Å². The van der Waals surface area contributed by atoms with Gasteiger partial charge in [0, 0.05) is 6.42 Å². The number of hydrogen-bond donors (Lipinski definition) is 1. The summed E-state index contributed by atoms with van der Waals surface area (Å²) in [7, 11) is 0. The van der Waals surface area contributed by atoms with Crippen molar-refractivity contribution in [3.05, 3.63) is 5.82 Å². The molecule has 0 aliphatic heterocycles. The smallest absolute Gasteiger partial charge is 0.174 e. The van der Waals surface area contributed by atoms with Crippen molar-refractivity contribution in [3.63, 3.8) is 0 Å². The van der Waals surface area contributed by atoms with Gasteiger partial charge in [0.2, 0.25) is 0 Å². The number of aryl methyl sites for hydroxylation is 1. The molecule has 1 saturated carbocycles. The van der Waals surface area contributed by atoms with Gasteiger partial charge in [0.15, 0.2) is 5.82 Å². The topological polar surface area (TPSA) is 54.5 Å². The van der Waals surface area contributed by atoms with Gasteiger partial charge in [0.05, 0.1) is 0 Å². The van der Waals surface area contributed by atoms with Crippen LogP contribution >= 0.6 is 0 Å². The summed E-state index contributed by atoms with van der Waals surface area (Å²) in [5, 5.41) is 14.0. The SMILES string of the molecule is C(CCc1nn[nH]n1)CCC1CCCCC1. The molecule has 4 heteroatoms. The molecule has 0 atom stereocenters. The molecule has 90 valence electrons. The molecule has 0 unspecified atom stereocenters. The van der Waals surface area contributed by atoms with Gasteiger partial charge in [-0.3, -0.25) is 0 Å². The molecule has 0 saturated heterocycles. The van der Waals surface area contributed by atoms with Crippen LogP contribution in [-0.4, -0.2) is 20.6 Å². The van der Waals surface area contributed by atoms with E-state index in [9.17, 15) is 0 Å². The summed E-state index contributed by atoms with van der Waals surface area (Å²) in [6.07, 6.45) is 13.7. The Balaban J connectivity index is 1.48. The monoisotopic (exact) mass is 222 g/mol. The number of rotatable bonds is 6. The maximum absolute atomic E-state index is 3.96. The first kappa shape index (κ1) is 11.6. The standard InChI is InChI=1S/C12H22N4/c1-3-7-11(8-4-1)9-5-2-6-10-12-13-15-16-14-12/h11H,1-10H2,(H,13,14,15,16). The number of unbranched alkanes of at least 4 members (excludes halogenated alkanes) is 2. The fourth-order valence-electron chi connectivity index (χ4n) is 2.66. The number of aromatic amines is 1. The highest BCUT2D eigenvalue weighted by molar-refractivity contribution is 4.75. The third-order valence-electron chi connectivity index (χ3n) is 3.63. The van der Waals surface area contributed by atoms with E-state index in [1.165, 1.54) is 57.8 Å². The Morgan fingerprint density at radius 2 is 1.94 bits per heavy atom. The molecule has 1 aliphatic rings. The van der Waals surface area contributed by atoms with Gasteiger partial charge in [-0.15, -0.1) is 10.2 Å². The predicted octanol–water partition coefficient (Wildman–Crippen LogP) is 2.88. The number of tetrazole rings is 1. The van der Waals surface area contributed by atoms with Crippen LogP contribution in [0, 0.1) is 5.92 Å². The van der Waals surface area contributed by atoms with Crippen molar-refractivity contribution in [3.8, 4) is 0 Å². The van der Waals surface area contributed by atoms with Crippen molar-refractivity contribution < 1.29 is 0 Å². The second kappa shape index (κ2) is 6.61. The molecule has 4 nitrogen and oxygen atoms in total. The van der Waals surface area contributed by atoms with Crippen molar-refractivity contribution in [1.29, 1.82) is 0 Å². The average molecular weight is 222 g/mol. The van der Waals surface area contributed by atoms with Crippen molar-refractivity contribution >= 4 is 0 Å². The van der Waals surface area contributed by atoms with Gasteiger partial charge in [-0.25, -0.2) is 0 Å². The second-order valence-corrected chi connectivity index (χ2v) is 4.93. The maximum Gasteiger partial charge on any atom is 0.174 e. The number of H-pyrrole nitrogens is 1. The van der Waals surface area contributed by atoms with Gasteiger partial charge in [-0.1, -0.05) is 56.6 Å². The van der Waals surface area contributed by atoms with Crippen LogP contribution in [0.5, 0.6) is 0 Å². The molecule has 1 N–H and O–H groups in total. The van der Waals surface area contributed by atoms with Crippen LogP contribution in [0.25, 0.3) is 0 Å². The van der Waals surface area contributed by atoms with E-state index < -0.39 is 0 Å². The van der Waals surface area contributed by atoms with E-state index in [-0.39, 0.29) is 0 Å². The fourth-order valence-corrected chi connectivity index (χ4v) is 2.66. The third kappa shape index (κ3) is 3.91. The fraction of sp³-hybridized carbons (Fsp3) is 0.917. The van der Waals surface area contributed by atoms with Crippen LogP contribution in [-0.2, 0) is 6.42 Å². The van der Waals surface area contributed by atoms with Crippen LogP contribution < -0.4 is 0 Å². The minimum Gasteiger partial charge on any atom is -0.177 e. The first-order valence-corrected chi connectivity index (χ1v) is 6.67. The largest absolute Gasteiger partial charge is 0.177 e. The maximum atomic E-state index is 3.96. The number of hydrogen-bond acceptors (Lipinski definition) is 3. The summed E-state index contributed by atoms with van der Waals surface area (Å²) in [6, 6.07) is 0. The molecule has 0 amide bonds. The highest BCUT2D eigenvalue weighted by Crippen LogP contribution is 2.27. The zero-order valence-electron chi connectivity index (χ0n) is 9.99. The molecule has 0 aromatic carbocycles. The Labute approximate surface area is 97.2 Å². The lowest BCUT2D eigenvalue weighted by Crippen LogP contribution is -2.05. The van der Waals surface area contributed by atoms with E-state index in [4.69, 9.17) is 0 Å². The molecular formula is C12H22N4. The number of nitrogens with one attached hydrogen (secondary N) is 1. The first-order valence-electron chi connectivity index (χ1n) is 6.67. The van der Waals surface area contributed by atoms with E-state index in [1.807, 2.05) is 0 Å². The van der Waals surface area contributed by atoms with Gasteiger partial charge < -0.3 is 0 Å². The highest BCUT2D eigenvalue weighted by atomic mass is 15.5. The van der Waals surface area contributed by atoms with Crippen LogP contribution in [0.15, 0.2) is 0 Å². The van der Waals surface area contributed by atoms with Crippen molar-refractivity contribution in [2.24, 2.45) is 5.92 Å². The molecule has 1 aromatic heterocycles. The summed E-state index contributed by atoms with van der Waals surface area (Å²) in [4.78, 5) is 0. The lowest BCUT2D eigenvalue weighted by molar-refractivity contribution is 0.328. The number of aromatic nitrogens is 4. The van der Waals surface area contributed by atoms with Gasteiger partial charge in [-0.2, -0.15) is 5.21 Å². The van der Waals surface area contributed by atoms with E-state index in [2.05, 4.69) is 20.6 Å². The summed E-state index contributed by atoms with van der Waals surface area (Å²) >= 11 is 0. The molecule has 16 heavy (non-hydrogen) atoms. The molecule has 1 aromatic rings. The van der Waals surface area contributed by atoms with Gasteiger partial charge in [-0.05, 0) is 12.3 Å². The molecule has 0 bridgehead atoms. The highest BCUT2D eigenvalue weighted by Gasteiger charge is 2.12. The minimum absolute atomic E-state index is 0.859. The zero-order valence-corrected chi connectivity index (χ0v) is 9.99. The van der Waals surface area contributed by atoms with Crippen LogP contribution in [0.4, 0.5) is 0 Å². The lowest BCUT2D eigenvalue weighted by atomic mass is 9.85. The van der Waals surface area contributed by atoms with Crippen molar-refractivity contribution in [2.75, 3.05) is 0 Å². The van der Waals surface area contributed by atoms with Crippen LogP contribution in [0.2, 0.25) is 0 Å². The Morgan fingerprint density at radius 1 is 1.06 bits per heavy atom. The number of nitrogens with zero attached hydrogens (tertiary/aromatic N) is 3. The lowest BCUT2D eigenvalue weighted by Gasteiger charge is -2.21. The Bertz CT molecular complexity index is 265. The van der Waals surface area contributed by atoms with Crippen molar-refractivity contribution in [1.82, 2.24) is 20.6 Å². The average Bonchev–Trinajstić information content (AvgIpc) is 2.83.